The maximum absolute atomic E-state index is 4.28. The quantitative estimate of drug-likeness (QED) is 0.849. The molecule has 1 saturated heterocycles. The van der Waals surface area contributed by atoms with Crippen LogP contribution in [0, 0.1) is 0 Å². The van der Waals surface area contributed by atoms with Gasteiger partial charge in [-0.1, -0.05) is 0 Å². The Balaban J connectivity index is 1.74. The standard InChI is InChI=1S/C11H19N3S/c1-14-5-2-3-10(4-6-14)12-7-11-8-15-9-13-11/h8-10,12H,2-7H2,1H3. The lowest BCUT2D eigenvalue weighted by Gasteiger charge is -2.15. The lowest BCUT2D eigenvalue weighted by molar-refractivity contribution is 0.343. The van der Waals surface area contributed by atoms with E-state index in [0.29, 0.717) is 6.04 Å². The molecule has 3 nitrogen and oxygen atoms in total. The molecular formula is C11H19N3S. The van der Waals surface area contributed by atoms with Gasteiger partial charge in [0.2, 0.25) is 0 Å². The average molecular weight is 225 g/mol. The third-order valence-corrected chi connectivity index (χ3v) is 3.64. The van der Waals surface area contributed by atoms with E-state index in [-0.39, 0.29) is 0 Å². The van der Waals surface area contributed by atoms with Crippen LogP contribution in [0.25, 0.3) is 0 Å². The van der Waals surface area contributed by atoms with E-state index >= 15 is 0 Å². The molecule has 0 spiro atoms. The second kappa shape index (κ2) is 5.58. The van der Waals surface area contributed by atoms with Crippen molar-refractivity contribution in [3.63, 3.8) is 0 Å². The lowest BCUT2D eigenvalue weighted by Crippen LogP contribution is -2.29. The zero-order valence-corrected chi connectivity index (χ0v) is 10.1. The predicted molar refractivity (Wildman–Crippen MR) is 64.1 cm³/mol. The van der Waals surface area contributed by atoms with Gasteiger partial charge in [0.1, 0.15) is 0 Å². The van der Waals surface area contributed by atoms with Crippen LogP contribution in [0.5, 0.6) is 0 Å². The molecule has 4 heteroatoms. The molecule has 1 aromatic rings. The molecule has 2 rings (SSSR count). The van der Waals surface area contributed by atoms with Crippen LogP contribution in [-0.4, -0.2) is 36.1 Å². The van der Waals surface area contributed by atoms with E-state index in [1.165, 1.54) is 38.0 Å². The molecule has 1 fully saturated rings. The molecule has 0 saturated carbocycles. The van der Waals surface area contributed by atoms with Gasteiger partial charge in [-0.15, -0.1) is 11.3 Å². The van der Waals surface area contributed by atoms with Crippen LogP contribution in [0.15, 0.2) is 10.9 Å². The summed E-state index contributed by atoms with van der Waals surface area (Å²) < 4.78 is 0. The molecule has 0 bridgehead atoms. The Kier molecular flexibility index (Phi) is 4.11. The minimum absolute atomic E-state index is 0.677. The van der Waals surface area contributed by atoms with E-state index in [1.54, 1.807) is 11.3 Å². The van der Waals surface area contributed by atoms with E-state index in [2.05, 4.69) is 27.6 Å². The summed E-state index contributed by atoms with van der Waals surface area (Å²) in [5, 5.41) is 5.72. The fourth-order valence-electron chi connectivity index (χ4n) is 2.02. The molecule has 0 aliphatic carbocycles. The average Bonchev–Trinajstić information content (AvgIpc) is 2.66. The topological polar surface area (TPSA) is 28.2 Å². The number of nitrogens with zero attached hydrogens (tertiary/aromatic N) is 2. The van der Waals surface area contributed by atoms with Crippen molar-refractivity contribution in [1.29, 1.82) is 0 Å². The Morgan fingerprint density at radius 2 is 2.47 bits per heavy atom. The lowest BCUT2D eigenvalue weighted by atomic mass is 10.1. The molecule has 1 atom stereocenters. The van der Waals surface area contributed by atoms with Gasteiger partial charge in [0, 0.05) is 18.0 Å². The van der Waals surface area contributed by atoms with E-state index in [1.807, 2.05) is 5.51 Å². The maximum Gasteiger partial charge on any atom is 0.0795 e. The number of rotatable bonds is 3. The van der Waals surface area contributed by atoms with Gasteiger partial charge in [-0.05, 0) is 39.4 Å². The first kappa shape index (κ1) is 11.0. The normalized spacial score (nSPS) is 23.9. The van der Waals surface area contributed by atoms with Gasteiger partial charge in [-0.3, -0.25) is 0 Å². The minimum Gasteiger partial charge on any atom is -0.308 e. The molecule has 0 radical (unpaired) electrons. The van der Waals surface area contributed by atoms with Crippen LogP contribution in [0.3, 0.4) is 0 Å². The molecule has 1 aromatic heterocycles. The summed E-state index contributed by atoms with van der Waals surface area (Å²) in [5.74, 6) is 0. The van der Waals surface area contributed by atoms with Crippen molar-refractivity contribution in [1.82, 2.24) is 15.2 Å². The van der Waals surface area contributed by atoms with Gasteiger partial charge >= 0.3 is 0 Å². The van der Waals surface area contributed by atoms with E-state index in [9.17, 15) is 0 Å². The van der Waals surface area contributed by atoms with Crippen LogP contribution < -0.4 is 5.32 Å². The maximum atomic E-state index is 4.28. The van der Waals surface area contributed by atoms with E-state index in [0.717, 1.165) is 6.54 Å². The van der Waals surface area contributed by atoms with Crippen LogP contribution in [0.4, 0.5) is 0 Å². The summed E-state index contributed by atoms with van der Waals surface area (Å²) in [6, 6.07) is 0.677. The first-order valence-corrected chi connectivity index (χ1v) is 6.58. The molecule has 1 aliphatic heterocycles. The van der Waals surface area contributed by atoms with Crippen molar-refractivity contribution in [2.75, 3.05) is 20.1 Å². The van der Waals surface area contributed by atoms with Gasteiger partial charge in [0.25, 0.3) is 0 Å². The predicted octanol–water partition coefficient (Wildman–Crippen LogP) is 1.72. The molecule has 1 aliphatic rings. The third kappa shape index (κ3) is 3.55. The fraction of sp³-hybridized carbons (Fsp3) is 0.727. The molecule has 2 heterocycles. The highest BCUT2D eigenvalue weighted by molar-refractivity contribution is 7.07. The van der Waals surface area contributed by atoms with E-state index < -0.39 is 0 Å². The third-order valence-electron chi connectivity index (χ3n) is 3.01. The van der Waals surface area contributed by atoms with Crippen molar-refractivity contribution < 1.29 is 0 Å². The van der Waals surface area contributed by atoms with Crippen molar-refractivity contribution in [3.8, 4) is 0 Å². The van der Waals surface area contributed by atoms with Gasteiger partial charge in [-0.25, -0.2) is 4.98 Å². The molecule has 84 valence electrons. The molecule has 0 aromatic carbocycles. The molecular weight excluding hydrogens is 206 g/mol. The Hall–Kier alpha value is -0.450. The molecule has 15 heavy (non-hydrogen) atoms. The fourth-order valence-corrected chi connectivity index (χ4v) is 2.58. The monoisotopic (exact) mass is 225 g/mol. The van der Waals surface area contributed by atoms with E-state index in [4.69, 9.17) is 0 Å². The van der Waals surface area contributed by atoms with Gasteiger partial charge in [0.05, 0.1) is 11.2 Å². The molecule has 0 amide bonds. The number of aromatic nitrogens is 1. The van der Waals surface area contributed by atoms with Crippen molar-refractivity contribution >= 4 is 11.3 Å². The minimum atomic E-state index is 0.677. The number of nitrogens with one attached hydrogen (secondary N) is 1. The Morgan fingerprint density at radius 3 is 3.27 bits per heavy atom. The molecule has 1 N–H and O–H groups in total. The zero-order chi connectivity index (χ0) is 10.5. The highest BCUT2D eigenvalue weighted by Crippen LogP contribution is 2.10. The Bertz CT molecular complexity index is 273. The first-order chi connectivity index (χ1) is 7.34. The SMILES string of the molecule is CN1CCCC(NCc2cscn2)CC1. The number of likely N-dealkylation sites (tertiary alicyclic amines) is 1. The summed E-state index contributed by atoms with van der Waals surface area (Å²) in [6.07, 6.45) is 3.88. The number of thiazole rings is 1. The number of hydrogen-bond acceptors (Lipinski definition) is 4. The van der Waals surface area contributed by atoms with Gasteiger partial charge < -0.3 is 10.2 Å². The van der Waals surface area contributed by atoms with Crippen molar-refractivity contribution in [2.24, 2.45) is 0 Å². The van der Waals surface area contributed by atoms with Gasteiger partial charge in [0.15, 0.2) is 0 Å². The highest BCUT2D eigenvalue weighted by Gasteiger charge is 2.13. The smallest absolute Gasteiger partial charge is 0.0795 e. The van der Waals surface area contributed by atoms with Crippen LogP contribution >= 0.6 is 11.3 Å². The summed E-state index contributed by atoms with van der Waals surface area (Å²) in [6.45, 7) is 3.39. The van der Waals surface area contributed by atoms with Crippen LogP contribution in [0.1, 0.15) is 25.0 Å². The number of hydrogen-bond donors (Lipinski definition) is 1. The summed E-state index contributed by atoms with van der Waals surface area (Å²) in [4.78, 5) is 6.71. The Labute approximate surface area is 95.5 Å². The van der Waals surface area contributed by atoms with Crippen molar-refractivity contribution in [3.05, 3.63) is 16.6 Å². The largest absolute Gasteiger partial charge is 0.308 e. The zero-order valence-electron chi connectivity index (χ0n) is 9.28. The van der Waals surface area contributed by atoms with Crippen LogP contribution in [0.2, 0.25) is 0 Å². The second-order valence-electron chi connectivity index (χ2n) is 4.29. The summed E-state index contributed by atoms with van der Waals surface area (Å²) >= 11 is 1.67. The first-order valence-electron chi connectivity index (χ1n) is 5.63. The molecule has 1 unspecified atom stereocenters. The second-order valence-corrected chi connectivity index (χ2v) is 5.01. The Morgan fingerprint density at radius 1 is 1.53 bits per heavy atom. The van der Waals surface area contributed by atoms with Crippen molar-refractivity contribution in [2.45, 2.75) is 31.8 Å². The van der Waals surface area contributed by atoms with Crippen LogP contribution in [-0.2, 0) is 6.54 Å². The summed E-state index contributed by atoms with van der Waals surface area (Å²) in [5.41, 5.74) is 3.08. The summed E-state index contributed by atoms with van der Waals surface area (Å²) in [7, 11) is 2.21. The highest BCUT2D eigenvalue weighted by atomic mass is 32.1. The van der Waals surface area contributed by atoms with Gasteiger partial charge in [-0.2, -0.15) is 0 Å².